The third-order valence-corrected chi connectivity index (χ3v) is 18.0. The van der Waals surface area contributed by atoms with Crippen LogP contribution in [0.1, 0.15) is 124 Å². The van der Waals surface area contributed by atoms with Gasteiger partial charge in [-0.15, -0.1) is 0 Å². The summed E-state index contributed by atoms with van der Waals surface area (Å²) in [7, 11) is 0. The van der Waals surface area contributed by atoms with E-state index in [-0.39, 0.29) is 70.2 Å². The molecule has 1 amide bonds. The fourth-order valence-electron chi connectivity index (χ4n) is 14.6. The van der Waals surface area contributed by atoms with Gasteiger partial charge in [-0.3, -0.25) is 14.5 Å². The van der Waals surface area contributed by atoms with Crippen LogP contribution in [0.4, 0.5) is 4.79 Å². The lowest BCUT2D eigenvalue weighted by Gasteiger charge is -2.72. The first kappa shape index (κ1) is 40.1. The van der Waals surface area contributed by atoms with E-state index in [1.165, 1.54) is 0 Å². The normalized spacial score (nSPS) is 40.8. The van der Waals surface area contributed by atoms with Crippen molar-refractivity contribution < 1.29 is 33.3 Å². The molecular formula is C47H70N2O7. The molecule has 11 atom stereocenters. The molecule has 0 radical (unpaired) electrons. The molecule has 6 saturated carbocycles. The van der Waals surface area contributed by atoms with Gasteiger partial charge in [0.05, 0.1) is 24.5 Å². The minimum Gasteiger partial charge on any atom is -0.464 e. The smallest absolute Gasteiger partial charge is 0.407 e. The summed E-state index contributed by atoms with van der Waals surface area (Å²) >= 11 is 0. The van der Waals surface area contributed by atoms with Crippen LogP contribution in [0.15, 0.2) is 30.3 Å². The summed E-state index contributed by atoms with van der Waals surface area (Å²) in [5, 5.41) is 3.07. The van der Waals surface area contributed by atoms with Crippen LogP contribution >= 0.6 is 0 Å². The van der Waals surface area contributed by atoms with Gasteiger partial charge in [-0.2, -0.15) is 0 Å². The number of carbonyl (C=O) groups excluding carboxylic acids is 3. The number of alkyl carbamates (subject to hydrolysis) is 1. The number of hydrogen-bond acceptors (Lipinski definition) is 8. The first-order chi connectivity index (χ1) is 26.7. The van der Waals surface area contributed by atoms with Crippen molar-refractivity contribution >= 4 is 18.0 Å². The summed E-state index contributed by atoms with van der Waals surface area (Å²) in [6.07, 6.45) is 11.6. The van der Waals surface area contributed by atoms with E-state index in [1.807, 2.05) is 30.3 Å². The number of nitrogens with one attached hydrogen (secondary N) is 1. The molecule has 0 bridgehead atoms. The molecule has 4 unspecified atom stereocenters. The maximum absolute atomic E-state index is 14.7. The zero-order chi connectivity index (χ0) is 39.5. The molecule has 8 rings (SSSR count). The lowest BCUT2D eigenvalue weighted by molar-refractivity contribution is -0.250. The molecule has 1 heterocycles. The van der Waals surface area contributed by atoms with Crippen molar-refractivity contribution in [3.05, 3.63) is 35.9 Å². The predicted octanol–water partition coefficient (Wildman–Crippen LogP) is 8.58. The molecule has 0 spiro atoms. The lowest BCUT2D eigenvalue weighted by Crippen LogP contribution is -2.67. The number of carbonyl (C=O) groups is 3. The van der Waals surface area contributed by atoms with Crippen molar-refractivity contribution in [3.63, 3.8) is 0 Å². The van der Waals surface area contributed by atoms with Crippen molar-refractivity contribution in [1.29, 1.82) is 0 Å². The first-order valence-corrected chi connectivity index (χ1v) is 22.4. The van der Waals surface area contributed by atoms with Crippen molar-refractivity contribution in [3.8, 4) is 0 Å². The van der Waals surface area contributed by atoms with Crippen molar-refractivity contribution in [1.82, 2.24) is 10.2 Å². The zero-order valence-corrected chi connectivity index (χ0v) is 35.2. The van der Waals surface area contributed by atoms with E-state index < -0.39 is 5.41 Å². The Morgan fingerprint density at radius 3 is 2.30 bits per heavy atom. The van der Waals surface area contributed by atoms with E-state index in [0.29, 0.717) is 30.4 Å². The molecule has 7 fully saturated rings. The van der Waals surface area contributed by atoms with E-state index in [9.17, 15) is 14.4 Å². The molecule has 0 aromatic heterocycles. The number of ether oxygens (including phenoxy) is 4. The van der Waals surface area contributed by atoms with Crippen LogP contribution in [0.3, 0.4) is 0 Å². The summed E-state index contributed by atoms with van der Waals surface area (Å²) in [6.45, 7) is 19.1. The number of fused-ring (bicyclic) bond motifs is 7. The number of morpholine rings is 1. The number of benzene rings is 1. The van der Waals surface area contributed by atoms with Gasteiger partial charge >= 0.3 is 18.0 Å². The Labute approximate surface area is 336 Å². The fraction of sp³-hybridized carbons (Fsp3) is 0.809. The van der Waals surface area contributed by atoms with Crippen LogP contribution in [0.25, 0.3) is 0 Å². The van der Waals surface area contributed by atoms with Gasteiger partial charge in [-0.25, -0.2) is 4.79 Å². The van der Waals surface area contributed by atoms with Crippen molar-refractivity contribution in [2.45, 2.75) is 137 Å². The Morgan fingerprint density at radius 2 is 1.57 bits per heavy atom. The number of amides is 1. The third-order valence-electron chi connectivity index (χ3n) is 18.0. The highest BCUT2D eigenvalue weighted by Crippen LogP contribution is 2.77. The molecule has 1 aromatic carbocycles. The van der Waals surface area contributed by atoms with Crippen LogP contribution in [0.2, 0.25) is 0 Å². The largest absolute Gasteiger partial charge is 0.464 e. The molecule has 9 heteroatoms. The molecule has 1 N–H and O–H groups in total. The van der Waals surface area contributed by atoms with Crippen molar-refractivity contribution in [2.24, 2.45) is 62.6 Å². The van der Waals surface area contributed by atoms with Gasteiger partial charge in [0.15, 0.2) is 0 Å². The number of nitrogens with zero attached hydrogens (tertiary/aromatic N) is 1. The molecule has 7 aliphatic rings. The Morgan fingerprint density at radius 1 is 0.821 bits per heavy atom. The minimum absolute atomic E-state index is 0.0158. The second kappa shape index (κ2) is 15.2. The molecule has 56 heavy (non-hydrogen) atoms. The highest BCUT2D eigenvalue weighted by atomic mass is 16.6. The van der Waals surface area contributed by atoms with Crippen molar-refractivity contribution in [2.75, 3.05) is 39.5 Å². The molecule has 9 nitrogen and oxygen atoms in total. The summed E-state index contributed by atoms with van der Waals surface area (Å²) in [5.74, 6) is 0.986. The predicted molar refractivity (Wildman–Crippen MR) is 214 cm³/mol. The van der Waals surface area contributed by atoms with Gasteiger partial charge < -0.3 is 24.3 Å². The highest BCUT2D eigenvalue weighted by molar-refractivity contribution is 5.79. The standard InChI is InChI=1S/C47H70N2O7/c1-31(40(50)54-29-26-49-24-27-53-28-25-49)34-16-21-47(41(51)55-30-32-10-8-7-9-11-32)23-22-45(5)35(39(34)47)14-15-37-44(4)19-18-38(56-42(52)48-33-12-13-33)43(2,3)36(44)17-20-46(37,45)6/h7-11,31,33-39H,12-30H2,1-6H3,(H,48,52)/t31-,34+,35?,36?,37?,38-,39?,44+,45-,46-,47+/m1/s1. The minimum atomic E-state index is -0.589. The SMILES string of the molecule is C[C@@H](C(=O)OCCN1CCOCC1)[C@@H]1CC[C@]2(C(=O)OCc3ccccc3)CC[C@]3(C)C(CCC4[C@@]5(C)CC[C@@H](OC(=O)NC6CC6)C(C)(C)C5CC[C@]43C)C12. The van der Waals surface area contributed by atoms with Crippen LogP contribution < -0.4 is 5.32 Å². The van der Waals surface area contributed by atoms with Crippen LogP contribution in [-0.2, 0) is 35.1 Å². The maximum Gasteiger partial charge on any atom is 0.407 e. The number of esters is 2. The highest BCUT2D eigenvalue weighted by Gasteiger charge is 2.72. The van der Waals surface area contributed by atoms with Crippen LogP contribution in [0.5, 0.6) is 0 Å². The molecule has 6 aliphatic carbocycles. The number of hydrogen-bond donors (Lipinski definition) is 1. The average Bonchev–Trinajstić information content (AvgIpc) is 3.91. The van der Waals surface area contributed by atoms with Gasteiger partial charge in [0.25, 0.3) is 0 Å². The van der Waals surface area contributed by atoms with E-state index >= 15 is 0 Å². The van der Waals surface area contributed by atoms with Gasteiger partial charge in [-0.05, 0) is 128 Å². The quantitative estimate of drug-likeness (QED) is 0.186. The van der Waals surface area contributed by atoms with Gasteiger partial charge in [0, 0.05) is 31.1 Å². The Bertz CT molecular complexity index is 1610. The summed E-state index contributed by atoms with van der Waals surface area (Å²) in [6, 6.07) is 10.3. The molecule has 310 valence electrons. The summed E-state index contributed by atoms with van der Waals surface area (Å²) in [5.41, 5.74) is 0.532. The Hall–Kier alpha value is -2.65. The second-order valence-electron chi connectivity index (χ2n) is 20.7. The number of rotatable bonds is 10. The first-order valence-electron chi connectivity index (χ1n) is 22.4. The maximum atomic E-state index is 14.7. The topological polar surface area (TPSA) is 103 Å². The van der Waals surface area contributed by atoms with Gasteiger partial charge in [-0.1, -0.05) is 71.9 Å². The van der Waals surface area contributed by atoms with E-state index in [4.69, 9.17) is 18.9 Å². The van der Waals surface area contributed by atoms with E-state index in [2.05, 4.69) is 51.8 Å². The molecule has 1 aromatic rings. The Balaban J connectivity index is 1.04. The van der Waals surface area contributed by atoms with Gasteiger partial charge in [0.1, 0.15) is 19.3 Å². The fourth-order valence-corrected chi connectivity index (χ4v) is 14.6. The molecule has 1 saturated heterocycles. The molecule has 1 aliphatic heterocycles. The third kappa shape index (κ3) is 6.80. The Kier molecular flexibility index (Phi) is 10.9. The van der Waals surface area contributed by atoms with Crippen LogP contribution in [-0.4, -0.2) is 74.5 Å². The van der Waals surface area contributed by atoms with E-state index in [0.717, 1.165) is 115 Å². The van der Waals surface area contributed by atoms with Crippen LogP contribution in [0, 0.1) is 62.6 Å². The monoisotopic (exact) mass is 775 g/mol. The molecular weight excluding hydrogens is 705 g/mol. The second-order valence-corrected chi connectivity index (χ2v) is 20.7. The summed E-state index contributed by atoms with van der Waals surface area (Å²) in [4.78, 5) is 43.8. The zero-order valence-electron chi connectivity index (χ0n) is 35.2. The van der Waals surface area contributed by atoms with E-state index in [1.54, 1.807) is 0 Å². The average molecular weight is 775 g/mol. The lowest BCUT2D eigenvalue weighted by atomic mass is 9.32. The summed E-state index contributed by atoms with van der Waals surface area (Å²) < 4.78 is 24.1. The van der Waals surface area contributed by atoms with Gasteiger partial charge in [0.2, 0.25) is 0 Å².